The molecule has 3 heteroatoms. The van der Waals surface area contributed by atoms with E-state index in [9.17, 15) is 4.39 Å². The van der Waals surface area contributed by atoms with Crippen LogP contribution < -0.4 is 5.32 Å². The van der Waals surface area contributed by atoms with Gasteiger partial charge in [-0.1, -0.05) is 28.9 Å². The van der Waals surface area contributed by atoms with Crippen LogP contribution in [0.2, 0.25) is 0 Å². The van der Waals surface area contributed by atoms with Crippen LogP contribution in [0.15, 0.2) is 35.3 Å². The summed E-state index contributed by atoms with van der Waals surface area (Å²) in [6, 6.07) is 4.90. The first-order chi connectivity index (χ1) is 7.69. The van der Waals surface area contributed by atoms with Crippen LogP contribution in [0.25, 0.3) is 0 Å². The van der Waals surface area contributed by atoms with E-state index in [0.29, 0.717) is 0 Å². The molecule has 0 heterocycles. The zero-order chi connectivity index (χ0) is 12.0. The third kappa shape index (κ3) is 3.72. The summed E-state index contributed by atoms with van der Waals surface area (Å²) in [4.78, 5) is 0. The molecular weight excluding hydrogens is 269 g/mol. The fourth-order valence-corrected chi connectivity index (χ4v) is 2.11. The van der Waals surface area contributed by atoms with Gasteiger partial charge in [-0.3, -0.25) is 0 Å². The first-order valence-electron chi connectivity index (χ1n) is 5.48. The normalized spacial score (nSPS) is 12.4. The van der Waals surface area contributed by atoms with Crippen molar-refractivity contribution in [2.75, 3.05) is 6.54 Å². The molecule has 88 valence electrons. The molecule has 0 saturated carbocycles. The van der Waals surface area contributed by atoms with Crippen molar-refractivity contribution in [2.45, 2.75) is 25.8 Å². The molecule has 0 bridgehead atoms. The zero-order valence-electron chi connectivity index (χ0n) is 9.47. The fourth-order valence-electron chi connectivity index (χ4n) is 1.59. The van der Waals surface area contributed by atoms with Crippen LogP contribution in [-0.2, 0) is 0 Å². The molecule has 0 aliphatic heterocycles. The number of nitrogens with one attached hydrogen (secondary N) is 1. The standard InChI is InChI=1S/C13H17BrFN/c1-3-5-13(16-8-4-2)11-9-10(15)6-7-12(11)14/h3,6-7,9,13,16H,1,4-5,8H2,2H3. The fraction of sp³-hybridized carbons (Fsp3) is 0.385. The van der Waals surface area contributed by atoms with Crippen LogP contribution in [-0.4, -0.2) is 6.54 Å². The molecule has 1 nitrogen and oxygen atoms in total. The summed E-state index contributed by atoms with van der Waals surface area (Å²) in [7, 11) is 0. The summed E-state index contributed by atoms with van der Waals surface area (Å²) < 4.78 is 14.1. The van der Waals surface area contributed by atoms with Gasteiger partial charge in [0.05, 0.1) is 0 Å². The van der Waals surface area contributed by atoms with E-state index >= 15 is 0 Å². The van der Waals surface area contributed by atoms with E-state index in [-0.39, 0.29) is 11.9 Å². The third-order valence-corrected chi connectivity index (χ3v) is 3.10. The van der Waals surface area contributed by atoms with Crippen LogP contribution in [0.3, 0.4) is 0 Å². The van der Waals surface area contributed by atoms with Gasteiger partial charge in [-0.05, 0) is 43.1 Å². The Labute approximate surface area is 105 Å². The van der Waals surface area contributed by atoms with Gasteiger partial charge in [0.1, 0.15) is 5.82 Å². The lowest BCUT2D eigenvalue weighted by molar-refractivity contribution is 0.530. The van der Waals surface area contributed by atoms with E-state index in [2.05, 4.69) is 34.7 Å². The molecule has 0 saturated heterocycles. The number of hydrogen-bond acceptors (Lipinski definition) is 1. The van der Waals surface area contributed by atoms with Crippen LogP contribution in [0.5, 0.6) is 0 Å². The monoisotopic (exact) mass is 285 g/mol. The Kier molecular flexibility index (Phi) is 5.71. The summed E-state index contributed by atoms with van der Waals surface area (Å²) in [5, 5.41) is 3.39. The summed E-state index contributed by atoms with van der Waals surface area (Å²) in [5.41, 5.74) is 0.952. The van der Waals surface area contributed by atoms with E-state index in [4.69, 9.17) is 0 Å². The second kappa shape index (κ2) is 6.81. The molecule has 1 N–H and O–H groups in total. The maximum absolute atomic E-state index is 13.2. The number of rotatable bonds is 6. The molecule has 0 fully saturated rings. The zero-order valence-corrected chi connectivity index (χ0v) is 11.1. The largest absolute Gasteiger partial charge is 0.310 e. The van der Waals surface area contributed by atoms with Crippen molar-refractivity contribution in [1.29, 1.82) is 0 Å². The van der Waals surface area contributed by atoms with Crippen molar-refractivity contribution in [2.24, 2.45) is 0 Å². The van der Waals surface area contributed by atoms with E-state index in [1.54, 1.807) is 12.1 Å². The van der Waals surface area contributed by atoms with Crippen molar-refractivity contribution in [3.8, 4) is 0 Å². The van der Waals surface area contributed by atoms with E-state index < -0.39 is 0 Å². The molecule has 1 atom stereocenters. The second-order valence-corrected chi connectivity index (χ2v) is 4.55. The van der Waals surface area contributed by atoms with Crippen molar-refractivity contribution in [3.05, 3.63) is 46.7 Å². The Morgan fingerprint density at radius 1 is 1.56 bits per heavy atom. The van der Waals surface area contributed by atoms with Crippen LogP contribution in [0, 0.1) is 5.82 Å². The average Bonchev–Trinajstić information content (AvgIpc) is 2.28. The highest BCUT2D eigenvalue weighted by Crippen LogP contribution is 2.26. The average molecular weight is 286 g/mol. The van der Waals surface area contributed by atoms with Crippen LogP contribution in [0.1, 0.15) is 31.4 Å². The van der Waals surface area contributed by atoms with Gasteiger partial charge in [0, 0.05) is 10.5 Å². The molecule has 16 heavy (non-hydrogen) atoms. The van der Waals surface area contributed by atoms with E-state index in [1.807, 2.05) is 6.08 Å². The van der Waals surface area contributed by atoms with E-state index in [0.717, 1.165) is 29.4 Å². The Bertz CT molecular complexity index is 352. The van der Waals surface area contributed by atoms with Crippen molar-refractivity contribution >= 4 is 15.9 Å². The Morgan fingerprint density at radius 2 is 2.31 bits per heavy atom. The molecule has 1 rings (SSSR count). The predicted molar refractivity (Wildman–Crippen MR) is 69.9 cm³/mol. The minimum atomic E-state index is -0.203. The molecule has 0 aliphatic carbocycles. The van der Waals surface area contributed by atoms with Gasteiger partial charge in [0.2, 0.25) is 0 Å². The van der Waals surface area contributed by atoms with Gasteiger partial charge in [0.15, 0.2) is 0 Å². The van der Waals surface area contributed by atoms with Gasteiger partial charge in [-0.25, -0.2) is 4.39 Å². The first-order valence-corrected chi connectivity index (χ1v) is 6.27. The van der Waals surface area contributed by atoms with Gasteiger partial charge in [-0.15, -0.1) is 6.58 Å². The quantitative estimate of drug-likeness (QED) is 0.773. The lowest BCUT2D eigenvalue weighted by Gasteiger charge is -2.18. The van der Waals surface area contributed by atoms with Crippen LogP contribution in [0.4, 0.5) is 4.39 Å². The summed E-state index contributed by atoms with van der Waals surface area (Å²) >= 11 is 3.45. The minimum absolute atomic E-state index is 0.127. The maximum Gasteiger partial charge on any atom is 0.123 e. The van der Waals surface area contributed by atoms with Crippen molar-refractivity contribution < 1.29 is 4.39 Å². The Balaban J connectivity index is 2.90. The molecule has 0 amide bonds. The van der Waals surface area contributed by atoms with Gasteiger partial charge in [0.25, 0.3) is 0 Å². The van der Waals surface area contributed by atoms with Crippen molar-refractivity contribution in [1.82, 2.24) is 5.32 Å². The van der Waals surface area contributed by atoms with Gasteiger partial charge in [-0.2, -0.15) is 0 Å². The summed E-state index contributed by atoms with van der Waals surface area (Å²) in [6.45, 7) is 6.76. The first kappa shape index (κ1) is 13.4. The highest BCUT2D eigenvalue weighted by atomic mass is 79.9. The molecular formula is C13H17BrFN. The third-order valence-electron chi connectivity index (χ3n) is 2.38. The highest BCUT2D eigenvalue weighted by molar-refractivity contribution is 9.10. The smallest absolute Gasteiger partial charge is 0.123 e. The van der Waals surface area contributed by atoms with Gasteiger partial charge < -0.3 is 5.32 Å². The summed E-state index contributed by atoms with van der Waals surface area (Å²) in [6.07, 6.45) is 3.70. The lowest BCUT2D eigenvalue weighted by Crippen LogP contribution is -2.22. The SMILES string of the molecule is C=CCC(NCCC)c1cc(F)ccc1Br. The topological polar surface area (TPSA) is 12.0 Å². The molecule has 0 spiro atoms. The Hall–Kier alpha value is -0.670. The maximum atomic E-state index is 13.2. The van der Waals surface area contributed by atoms with Gasteiger partial charge >= 0.3 is 0 Å². The molecule has 1 unspecified atom stereocenters. The number of hydrogen-bond donors (Lipinski definition) is 1. The van der Waals surface area contributed by atoms with Crippen molar-refractivity contribution in [3.63, 3.8) is 0 Å². The molecule has 1 aromatic carbocycles. The Morgan fingerprint density at radius 3 is 2.94 bits per heavy atom. The second-order valence-electron chi connectivity index (χ2n) is 3.70. The minimum Gasteiger partial charge on any atom is -0.310 e. The number of halogens is 2. The predicted octanol–water partition coefficient (Wildman–Crippen LogP) is 4.21. The number of benzene rings is 1. The summed E-state index contributed by atoms with van der Waals surface area (Å²) in [5.74, 6) is -0.203. The lowest BCUT2D eigenvalue weighted by atomic mass is 10.0. The van der Waals surface area contributed by atoms with Crippen LogP contribution >= 0.6 is 15.9 Å². The highest BCUT2D eigenvalue weighted by Gasteiger charge is 2.12. The molecule has 0 aliphatic rings. The molecule has 1 aromatic rings. The van der Waals surface area contributed by atoms with E-state index in [1.165, 1.54) is 6.07 Å². The molecule has 0 aromatic heterocycles. The molecule has 0 radical (unpaired) electrons.